The molecule has 0 bridgehead atoms. The lowest BCUT2D eigenvalue weighted by molar-refractivity contribution is -0.138. The number of nitrogens with two attached hydrogens (primary N) is 1. The number of benzene rings is 1. The van der Waals surface area contributed by atoms with Crippen LogP contribution >= 0.6 is 0 Å². The van der Waals surface area contributed by atoms with E-state index in [0.717, 1.165) is 31.2 Å². The predicted molar refractivity (Wildman–Crippen MR) is 89.8 cm³/mol. The maximum Gasteiger partial charge on any atom is 0.233 e. The molecule has 1 aliphatic heterocycles. The van der Waals surface area contributed by atoms with Gasteiger partial charge in [0.1, 0.15) is 0 Å². The van der Waals surface area contributed by atoms with Crippen LogP contribution in [-0.4, -0.2) is 29.8 Å². The summed E-state index contributed by atoms with van der Waals surface area (Å²) in [5.41, 5.74) is 7.35. The molecular weight excluding hydrogens is 288 g/mol. The Morgan fingerprint density at radius 3 is 2.57 bits per heavy atom. The summed E-state index contributed by atoms with van der Waals surface area (Å²) in [5, 5.41) is 0. The lowest BCUT2D eigenvalue weighted by atomic mass is 9.68. The molecule has 0 radical (unpaired) electrons. The van der Waals surface area contributed by atoms with E-state index in [4.69, 9.17) is 5.73 Å². The Balaban J connectivity index is 1.90. The fourth-order valence-corrected chi connectivity index (χ4v) is 4.20. The van der Waals surface area contributed by atoms with Gasteiger partial charge < -0.3 is 10.6 Å². The summed E-state index contributed by atoms with van der Waals surface area (Å²) >= 11 is 0. The number of likely N-dealkylation sites (tertiary alicyclic amines) is 1. The number of carbonyl (C=O) groups is 2. The first-order chi connectivity index (χ1) is 11.0. The van der Waals surface area contributed by atoms with Gasteiger partial charge in [-0.1, -0.05) is 49.1 Å². The number of hydrogen-bond acceptors (Lipinski definition) is 2. The summed E-state index contributed by atoms with van der Waals surface area (Å²) < 4.78 is 0. The Labute approximate surface area is 138 Å². The lowest BCUT2D eigenvalue weighted by Gasteiger charge is -2.39. The van der Waals surface area contributed by atoms with E-state index >= 15 is 0 Å². The Morgan fingerprint density at radius 1 is 1.22 bits per heavy atom. The average Bonchev–Trinajstić information content (AvgIpc) is 3.05. The van der Waals surface area contributed by atoms with Crippen molar-refractivity contribution in [1.29, 1.82) is 0 Å². The summed E-state index contributed by atoms with van der Waals surface area (Å²) in [4.78, 5) is 26.7. The van der Waals surface area contributed by atoms with Crippen LogP contribution in [0.3, 0.4) is 0 Å². The molecule has 124 valence electrons. The fourth-order valence-electron chi connectivity index (χ4n) is 4.20. The molecule has 23 heavy (non-hydrogen) atoms. The number of aryl methyl sites for hydroxylation is 1. The van der Waals surface area contributed by atoms with E-state index < -0.39 is 5.41 Å². The molecule has 2 fully saturated rings. The Hall–Kier alpha value is -1.84. The van der Waals surface area contributed by atoms with Crippen LogP contribution in [0.2, 0.25) is 0 Å². The zero-order valence-corrected chi connectivity index (χ0v) is 13.9. The molecule has 0 spiro atoms. The van der Waals surface area contributed by atoms with Crippen LogP contribution in [-0.2, 0) is 15.0 Å². The van der Waals surface area contributed by atoms with Crippen LogP contribution in [0.15, 0.2) is 24.3 Å². The van der Waals surface area contributed by atoms with E-state index in [2.05, 4.69) is 25.1 Å². The first-order valence-corrected chi connectivity index (χ1v) is 8.69. The highest BCUT2D eigenvalue weighted by Gasteiger charge is 2.45. The van der Waals surface area contributed by atoms with Gasteiger partial charge in [-0.3, -0.25) is 9.59 Å². The second-order valence-corrected chi connectivity index (χ2v) is 7.15. The molecule has 4 heteroatoms. The third kappa shape index (κ3) is 2.99. The zero-order chi connectivity index (χ0) is 16.4. The Morgan fingerprint density at radius 2 is 1.96 bits per heavy atom. The normalized spacial score (nSPS) is 23.7. The molecule has 1 saturated heterocycles. The van der Waals surface area contributed by atoms with E-state index in [9.17, 15) is 9.59 Å². The van der Waals surface area contributed by atoms with Crippen LogP contribution in [0.1, 0.15) is 49.7 Å². The average molecular weight is 314 g/mol. The number of primary amides is 1. The molecule has 2 aliphatic rings. The highest BCUT2D eigenvalue weighted by atomic mass is 16.2. The second-order valence-electron chi connectivity index (χ2n) is 7.15. The van der Waals surface area contributed by atoms with Gasteiger partial charge in [0.15, 0.2) is 0 Å². The third-order valence-electron chi connectivity index (χ3n) is 5.56. The fraction of sp³-hybridized carbons (Fsp3) is 0.579. The predicted octanol–water partition coefficient (Wildman–Crippen LogP) is 2.53. The third-order valence-corrected chi connectivity index (χ3v) is 5.56. The van der Waals surface area contributed by atoms with E-state index in [1.807, 2.05) is 11.0 Å². The van der Waals surface area contributed by atoms with Crippen LogP contribution < -0.4 is 5.73 Å². The number of rotatable bonds is 3. The number of hydrogen-bond donors (Lipinski definition) is 1. The molecule has 1 aromatic carbocycles. The summed E-state index contributed by atoms with van der Waals surface area (Å²) in [6.45, 7) is 3.21. The zero-order valence-electron chi connectivity index (χ0n) is 13.9. The molecular formula is C19H26N2O2. The van der Waals surface area contributed by atoms with Gasteiger partial charge in [0.25, 0.3) is 0 Å². The summed E-state index contributed by atoms with van der Waals surface area (Å²) in [6.07, 6.45) is 5.90. The minimum atomic E-state index is -0.406. The van der Waals surface area contributed by atoms with Crippen molar-refractivity contribution in [2.24, 2.45) is 11.7 Å². The van der Waals surface area contributed by atoms with Crippen molar-refractivity contribution >= 4 is 11.8 Å². The number of carbonyl (C=O) groups excluding carboxylic acids is 2. The second kappa shape index (κ2) is 6.34. The van der Waals surface area contributed by atoms with E-state index in [0.29, 0.717) is 19.5 Å². The quantitative estimate of drug-likeness (QED) is 0.932. The molecule has 1 unspecified atom stereocenters. The molecule has 1 atom stereocenters. The molecule has 1 saturated carbocycles. The van der Waals surface area contributed by atoms with Crippen LogP contribution in [0.5, 0.6) is 0 Å². The Bertz CT molecular complexity index is 605. The van der Waals surface area contributed by atoms with Gasteiger partial charge >= 0.3 is 0 Å². The topological polar surface area (TPSA) is 63.4 Å². The highest BCUT2D eigenvalue weighted by Crippen LogP contribution is 2.42. The van der Waals surface area contributed by atoms with Gasteiger partial charge in [-0.15, -0.1) is 0 Å². The van der Waals surface area contributed by atoms with Gasteiger partial charge in [0.05, 0.1) is 11.3 Å². The Kier molecular flexibility index (Phi) is 4.42. The van der Waals surface area contributed by atoms with Crippen molar-refractivity contribution in [2.45, 2.75) is 50.9 Å². The van der Waals surface area contributed by atoms with Gasteiger partial charge in [0, 0.05) is 13.1 Å². The van der Waals surface area contributed by atoms with Gasteiger partial charge in [-0.05, 0) is 31.7 Å². The van der Waals surface area contributed by atoms with Crippen LogP contribution in [0, 0.1) is 12.8 Å². The van der Waals surface area contributed by atoms with Gasteiger partial charge in [-0.2, -0.15) is 0 Å². The maximum absolute atomic E-state index is 13.4. The van der Waals surface area contributed by atoms with Crippen molar-refractivity contribution in [1.82, 2.24) is 4.90 Å². The molecule has 1 aliphatic carbocycles. The van der Waals surface area contributed by atoms with E-state index in [1.54, 1.807) is 0 Å². The van der Waals surface area contributed by atoms with Crippen LogP contribution in [0.25, 0.3) is 0 Å². The molecule has 3 rings (SSSR count). The monoisotopic (exact) mass is 314 g/mol. The standard InChI is InChI=1S/C19H26N2O2/c1-14-6-5-7-16(12-14)19(9-3-2-4-10-19)18(23)21-11-8-15(13-21)17(20)22/h5-7,12,15H,2-4,8-11,13H2,1H3,(H2,20,22). The van der Waals surface area contributed by atoms with E-state index in [1.165, 1.54) is 12.0 Å². The van der Waals surface area contributed by atoms with Gasteiger partial charge in [-0.25, -0.2) is 0 Å². The van der Waals surface area contributed by atoms with Gasteiger partial charge in [0.2, 0.25) is 11.8 Å². The molecule has 0 aromatic heterocycles. The molecule has 1 aromatic rings. The largest absolute Gasteiger partial charge is 0.369 e. The van der Waals surface area contributed by atoms with Crippen molar-refractivity contribution in [3.05, 3.63) is 35.4 Å². The maximum atomic E-state index is 13.4. The smallest absolute Gasteiger partial charge is 0.233 e. The molecule has 2 N–H and O–H groups in total. The van der Waals surface area contributed by atoms with Crippen molar-refractivity contribution in [3.8, 4) is 0 Å². The van der Waals surface area contributed by atoms with Crippen LogP contribution in [0.4, 0.5) is 0 Å². The number of amides is 2. The molecule has 4 nitrogen and oxygen atoms in total. The first kappa shape index (κ1) is 16.0. The minimum Gasteiger partial charge on any atom is -0.369 e. The van der Waals surface area contributed by atoms with E-state index in [-0.39, 0.29) is 17.7 Å². The highest BCUT2D eigenvalue weighted by molar-refractivity contribution is 5.89. The first-order valence-electron chi connectivity index (χ1n) is 8.69. The summed E-state index contributed by atoms with van der Waals surface area (Å²) in [6, 6.07) is 8.37. The summed E-state index contributed by atoms with van der Waals surface area (Å²) in [5.74, 6) is -0.266. The SMILES string of the molecule is Cc1cccc(C2(C(=O)N3CCC(C(N)=O)C3)CCCCC2)c1. The molecule has 2 amide bonds. The van der Waals surface area contributed by atoms with Crippen molar-refractivity contribution in [2.75, 3.05) is 13.1 Å². The molecule has 1 heterocycles. The summed E-state index contributed by atoms with van der Waals surface area (Å²) in [7, 11) is 0. The number of nitrogens with zero attached hydrogens (tertiary/aromatic N) is 1. The van der Waals surface area contributed by atoms with Crippen molar-refractivity contribution in [3.63, 3.8) is 0 Å². The minimum absolute atomic E-state index is 0.183. The lowest BCUT2D eigenvalue weighted by Crippen LogP contribution is -2.47. The van der Waals surface area contributed by atoms with Crippen molar-refractivity contribution < 1.29 is 9.59 Å².